The molecule has 0 radical (unpaired) electrons. The summed E-state index contributed by atoms with van der Waals surface area (Å²) in [5.74, 6) is -2.46. The number of aliphatic carboxylic acids is 1. The summed E-state index contributed by atoms with van der Waals surface area (Å²) in [6.45, 7) is 6.51. The molecule has 0 aromatic heterocycles. The molecule has 152 valence electrons. The van der Waals surface area contributed by atoms with Crippen molar-refractivity contribution in [1.82, 2.24) is 15.5 Å². The standard InChI is InChI=1S/C18H29N3O6/c1-4-8-19-15(22)13-14(27-13)16(23)20-12(10(3)5-2)17(24)21-9-6-7-11(21)18(25)26/h10-14H,4-9H2,1-3H3,(H,19,22)(H,20,23)(H,25,26)/t10-,11?,12?,13?,14-/m0/s1. The Morgan fingerprint density at radius 2 is 1.85 bits per heavy atom. The summed E-state index contributed by atoms with van der Waals surface area (Å²) in [7, 11) is 0. The fourth-order valence-corrected chi connectivity index (χ4v) is 3.24. The largest absolute Gasteiger partial charge is 0.480 e. The molecule has 2 aliphatic rings. The van der Waals surface area contributed by atoms with Gasteiger partial charge in [0.15, 0.2) is 12.2 Å². The summed E-state index contributed by atoms with van der Waals surface area (Å²) in [6.07, 6.45) is 0.704. The summed E-state index contributed by atoms with van der Waals surface area (Å²) >= 11 is 0. The van der Waals surface area contributed by atoms with Crippen LogP contribution in [-0.2, 0) is 23.9 Å². The van der Waals surface area contributed by atoms with Gasteiger partial charge in [-0.05, 0) is 25.2 Å². The van der Waals surface area contributed by atoms with Crippen LogP contribution in [-0.4, -0.2) is 71.1 Å². The van der Waals surface area contributed by atoms with Crippen LogP contribution in [0.3, 0.4) is 0 Å². The van der Waals surface area contributed by atoms with E-state index in [-0.39, 0.29) is 11.8 Å². The van der Waals surface area contributed by atoms with Gasteiger partial charge in [0.25, 0.3) is 11.8 Å². The zero-order valence-corrected chi connectivity index (χ0v) is 16.1. The Kier molecular flexibility index (Phi) is 7.18. The number of rotatable bonds is 9. The average Bonchev–Trinajstić information content (AvgIpc) is 3.30. The number of nitrogens with zero attached hydrogens (tertiary/aromatic N) is 1. The molecule has 0 saturated carbocycles. The second-order valence-corrected chi connectivity index (χ2v) is 7.17. The first kappa shape index (κ1) is 21.1. The second-order valence-electron chi connectivity index (χ2n) is 7.17. The summed E-state index contributed by atoms with van der Waals surface area (Å²) < 4.78 is 5.17. The van der Waals surface area contributed by atoms with Crippen LogP contribution in [0, 0.1) is 5.92 Å². The van der Waals surface area contributed by atoms with Crippen molar-refractivity contribution in [3.05, 3.63) is 0 Å². The number of carboxylic acids is 1. The van der Waals surface area contributed by atoms with Crippen molar-refractivity contribution >= 4 is 23.7 Å². The highest BCUT2D eigenvalue weighted by Crippen LogP contribution is 2.25. The van der Waals surface area contributed by atoms with Crippen LogP contribution >= 0.6 is 0 Å². The molecule has 0 bridgehead atoms. The molecular formula is C18H29N3O6. The number of carbonyl (C=O) groups excluding carboxylic acids is 3. The van der Waals surface area contributed by atoms with Crippen LogP contribution < -0.4 is 10.6 Å². The Hall–Kier alpha value is -2.16. The Morgan fingerprint density at radius 3 is 2.44 bits per heavy atom. The van der Waals surface area contributed by atoms with Crippen LogP contribution in [0.15, 0.2) is 0 Å². The minimum absolute atomic E-state index is 0.178. The van der Waals surface area contributed by atoms with E-state index in [1.807, 2.05) is 20.8 Å². The van der Waals surface area contributed by atoms with Gasteiger partial charge >= 0.3 is 5.97 Å². The monoisotopic (exact) mass is 383 g/mol. The van der Waals surface area contributed by atoms with Crippen LogP contribution in [0.25, 0.3) is 0 Å². The van der Waals surface area contributed by atoms with Crippen molar-refractivity contribution in [3.63, 3.8) is 0 Å². The number of carbonyl (C=O) groups is 4. The molecule has 2 fully saturated rings. The predicted molar refractivity (Wildman–Crippen MR) is 95.7 cm³/mol. The quantitative estimate of drug-likeness (QED) is 0.477. The molecule has 0 aliphatic carbocycles. The lowest BCUT2D eigenvalue weighted by molar-refractivity contribution is -0.150. The van der Waals surface area contributed by atoms with Gasteiger partial charge < -0.3 is 25.4 Å². The fraction of sp³-hybridized carbons (Fsp3) is 0.778. The van der Waals surface area contributed by atoms with Gasteiger partial charge in [0.2, 0.25) is 5.91 Å². The molecule has 9 heteroatoms. The highest BCUT2D eigenvalue weighted by atomic mass is 16.6. The number of amides is 3. The van der Waals surface area contributed by atoms with Crippen LogP contribution in [0.2, 0.25) is 0 Å². The van der Waals surface area contributed by atoms with Crippen molar-refractivity contribution in [2.24, 2.45) is 5.92 Å². The van der Waals surface area contributed by atoms with E-state index >= 15 is 0 Å². The van der Waals surface area contributed by atoms with E-state index in [0.29, 0.717) is 32.4 Å². The van der Waals surface area contributed by atoms with Gasteiger partial charge in [-0.1, -0.05) is 27.2 Å². The number of epoxide rings is 1. The fourth-order valence-electron chi connectivity index (χ4n) is 3.24. The number of hydrogen-bond donors (Lipinski definition) is 3. The third-order valence-electron chi connectivity index (χ3n) is 5.16. The predicted octanol–water partition coefficient (Wildman–Crippen LogP) is -0.113. The number of carboxylic acid groups (broad SMARTS) is 1. The molecular weight excluding hydrogens is 354 g/mol. The Labute approximate surface area is 158 Å². The summed E-state index contributed by atoms with van der Waals surface area (Å²) in [6, 6.07) is -1.70. The Morgan fingerprint density at radius 1 is 1.19 bits per heavy atom. The van der Waals surface area contributed by atoms with E-state index in [9.17, 15) is 24.3 Å². The molecule has 3 amide bonds. The Balaban J connectivity index is 2.01. The molecule has 2 aliphatic heterocycles. The zero-order chi connectivity index (χ0) is 20.1. The minimum atomic E-state index is -1.03. The van der Waals surface area contributed by atoms with Gasteiger partial charge in [-0.3, -0.25) is 14.4 Å². The number of likely N-dealkylation sites (tertiary alicyclic amines) is 1. The molecule has 2 saturated heterocycles. The van der Waals surface area contributed by atoms with E-state index in [1.165, 1.54) is 4.90 Å². The SMILES string of the molecule is CCCNC(=O)C1O[C@@H]1C(=O)NC(C(=O)N1CCCC1C(=O)O)[C@@H](C)CC. The molecule has 0 aromatic rings. The molecule has 27 heavy (non-hydrogen) atoms. The molecule has 9 nitrogen and oxygen atoms in total. The third-order valence-corrected chi connectivity index (χ3v) is 5.16. The zero-order valence-electron chi connectivity index (χ0n) is 16.1. The summed E-state index contributed by atoms with van der Waals surface area (Å²) in [4.78, 5) is 49.9. The van der Waals surface area contributed by atoms with Gasteiger partial charge in [-0.15, -0.1) is 0 Å². The van der Waals surface area contributed by atoms with Gasteiger partial charge in [0.1, 0.15) is 12.1 Å². The number of nitrogens with one attached hydrogen (secondary N) is 2. The molecule has 2 rings (SSSR count). The normalized spacial score (nSPS) is 26.2. The van der Waals surface area contributed by atoms with E-state index < -0.39 is 42.1 Å². The molecule has 5 atom stereocenters. The Bertz CT molecular complexity index is 596. The molecule has 2 heterocycles. The maximum absolute atomic E-state index is 12.9. The maximum atomic E-state index is 12.9. The van der Waals surface area contributed by atoms with Gasteiger partial charge in [-0.2, -0.15) is 0 Å². The molecule has 3 N–H and O–H groups in total. The smallest absolute Gasteiger partial charge is 0.326 e. The van der Waals surface area contributed by atoms with E-state index in [0.717, 1.165) is 6.42 Å². The van der Waals surface area contributed by atoms with Crippen LogP contribution in [0.1, 0.15) is 46.5 Å². The summed E-state index contributed by atoms with van der Waals surface area (Å²) in [5.41, 5.74) is 0. The van der Waals surface area contributed by atoms with E-state index in [1.54, 1.807) is 0 Å². The van der Waals surface area contributed by atoms with E-state index in [2.05, 4.69) is 10.6 Å². The minimum Gasteiger partial charge on any atom is -0.480 e. The van der Waals surface area contributed by atoms with Crippen LogP contribution in [0.4, 0.5) is 0 Å². The summed E-state index contributed by atoms with van der Waals surface area (Å²) in [5, 5.41) is 14.7. The first-order valence-electron chi connectivity index (χ1n) is 9.58. The van der Waals surface area contributed by atoms with Crippen molar-refractivity contribution in [2.75, 3.05) is 13.1 Å². The van der Waals surface area contributed by atoms with Crippen molar-refractivity contribution < 1.29 is 29.0 Å². The third kappa shape index (κ3) is 4.97. The molecule has 3 unspecified atom stereocenters. The highest BCUT2D eigenvalue weighted by Gasteiger charge is 2.51. The number of ether oxygens (including phenoxy) is 1. The lowest BCUT2D eigenvalue weighted by atomic mass is 9.97. The first-order chi connectivity index (χ1) is 12.8. The maximum Gasteiger partial charge on any atom is 0.326 e. The second kappa shape index (κ2) is 9.16. The lowest BCUT2D eigenvalue weighted by Crippen LogP contribution is -2.55. The van der Waals surface area contributed by atoms with E-state index in [4.69, 9.17) is 4.74 Å². The highest BCUT2D eigenvalue weighted by molar-refractivity contribution is 5.97. The number of hydrogen-bond acceptors (Lipinski definition) is 5. The van der Waals surface area contributed by atoms with Crippen molar-refractivity contribution in [3.8, 4) is 0 Å². The van der Waals surface area contributed by atoms with Crippen LogP contribution in [0.5, 0.6) is 0 Å². The molecule has 0 aromatic carbocycles. The van der Waals surface area contributed by atoms with Gasteiger partial charge in [0.05, 0.1) is 0 Å². The topological polar surface area (TPSA) is 128 Å². The molecule has 0 spiro atoms. The van der Waals surface area contributed by atoms with Crippen molar-refractivity contribution in [1.29, 1.82) is 0 Å². The average molecular weight is 383 g/mol. The van der Waals surface area contributed by atoms with Gasteiger partial charge in [0, 0.05) is 13.1 Å². The van der Waals surface area contributed by atoms with Crippen molar-refractivity contribution in [2.45, 2.75) is 70.7 Å². The lowest BCUT2D eigenvalue weighted by Gasteiger charge is -2.30. The first-order valence-corrected chi connectivity index (χ1v) is 9.58. The van der Waals surface area contributed by atoms with Gasteiger partial charge in [-0.25, -0.2) is 4.79 Å².